The van der Waals surface area contributed by atoms with Crippen LogP contribution in [-0.2, 0) is 9.59 Å². The Morgan fingerprint density at radius 2 is 1.53 bits per heavy atom. The van der Waals surface area contributed by atoms with Crippen molar-refractivity contribution in [2.75, 3.05) is 22.9 Å². The highest BCUT2D eigenvalue weighted by molar-refractivity contribution is 8.00. The standard InChI is InChI=1S/C27H35N3O3S/c1-19(2)16-25(31)29-21-12-14-22(15-13-21)30-27(33)23-10-6-7-11-24(23)34-18-26(32)28-17-20-8-4-3-5-9-20/h6-7,10-15,19-20H,3-5,8-9,16-18H2,1-2H3,(H,28,32)(H,29,31)(H,30,33). The summed E-state index contributed by atoms with van der Waals surface area (Å²) in [4.78, 5) is 37.9. The lowest BCUT2D eigenvalue weighted by Crippen LogP contribution is -2.31. The van der Waals surface area contributed by atoms with Crippen LogP contribution in [0.3, 0.4) is 0 Å². The zero-order valence-electron chi connectivity index (χ0n) is 20.1. The van der Waals surface area contributed by atoms with E-state index in [-0.39, 0.29) is 23.5 Å². The third-order valence-electron chi connectivity index (χ3n) is 5.82. The van der Waals surface area contributed by atoms with E-state index in [1.165, 1.54) is 43.9 Å². The monoisotopic (exact) mass is 481 g/mol. The number of carbonyl (C=O) groups excluding carboxylic acids is 3. The Bertz CT molecular complexity index is 969. The summed E-state index contributed by atoms with van der Waals surface area (Å²) in [5, 5.41) is 8.81. The van der Waals surface area contributed by atoms with Crippen LogP contribution in [0.15, 0.2) is 53.4 Å². The van der Waals surface area contributed by atoms with Crippen LogP contribution in [0, 0.1) is 11.8 Å². The van der Waals surface area contributed by atoms with Gasteiger partial charge in [0, 0.05) is 29.2 Å². The molecule has 0 saturated heterocycles. The number of hydrogen-bond acceptors (Lipinski definition) is 4. The third-order valence-corrected chi connectivity index (χ3v) is 6.90. The average Bonchev–Trinajstić information content (AvgIpc) is 2.83. The molecule has 0 radical (unpaired) electrons. The van der Waals surface area contributed by atoms with Crippen molar-refractivity contribution >= 4 is 40.9 Å². The van der Waals surface area contributed by atoms with Crippen LogP contribution in [0.1, 0.15) is 62.7 Å². The first-order chi connectivity index (χ1) is 16.4. The first-order valence-electron chi connectivity index (χ1n) is 12.1. The molecule has 2 aromatic rings. The molecule has 0 atom stereocenters. The highest BCUT2D eigenvalue weighted by Gasteiger charge is 2.16. The molecule has 0 heterocycles. The molecule has 0 spiro atoms. The number of thioether (sulfide) groups is 1. The van der Waals surface area contributed by atoms with Crippen molar-refractivity contribution in [3.05, 3.63) is 54.1 Å². The van der Waals surface area contributed by atoms with Gasteiger partial charge in [0.15, 0.2) is 0 Å². The molecular weight excluding hydrogens is 446 g/mol. The summed E-state index contributed by atoms with van der Waals surface area (Å²) in [6, 6.07) is 14.4. The van der Waals surface area contributed by atoms with Gasteiger partial charge in [0.2, 0.25) is 11.8 Å². The first kappa shape index (κ1) is 25.8. The summed E-state index contributed by atoms with van der Waals surface area (Å²) in [5.74, 6) is 0.903. The average molecular weight is 482 g/mol. The van der Waals surface area contributed by atoms with E-state index in [0.29, 0.717) is 35.2 Å². The molecule has 3 amide bonds. The summed E-state index contributed by atoms with van der Waals surface area (Å²) in [5.41, 5.74) is 1.86. The molecule has 0 bridgehead atoms. The van der Waals surface area contributed by atoms with E-state index in [9.17, 15) is 14.4 Å². The third kappa shape index (κ3) is 8.52. The minimum Gasteiger partial charge on any atom is -0.355 e. The van der Waals surface area contributed by atoms with E-state index < -0.39 is 0 Å². The second-order valence-corrected chi connectivity index (χ2v) is 10.3. The van der Waals surface area contributed by atoms with Crippen LogP contribution in [-0.4, -0.2) is 30.0 Å². The molecule has 182 valence electrons. The fourth-order valence-electron chi connectivity index (χ4n) is 4.04. The maximum atomic E-state index is 12.9. The minimum atomic E-state index is -0.234. The van der Waals surface area contributed by atoms with Gasteiger partial charge < -0.3 is 16.0 Å². The van der Waals surface area contributed by atoms with Crippen LogP contribution in [0.25, 0.3) is 0 Å². The Kier molecular flexibility index (Phi) is 10.0. The van der Waals surface area contributed by atoms with Gasteiger partial charge in [0.1, 0.15) is 0 Å². The molecule has 3 N–H and O–H groups in total. The van der Waals surface area contributed by atoms with Crippen LogP contribution >= 0.6 is 11.8 Å². The van der Waals surface area contributed by atoms with E-state index in [1.54, 1.807) is 30.3 Å². The van der Waals surface area contributed by atoms with Crippen molar-refractivity contribution < 1.29 is 14.4 Å². The van der Waals surface area contributed by atoms with Gasteiger partial charge in [-0.2, -0.15) is 0 Å². The Morgan fingerprint density at radius 3 is 2.21 bits per heavy atom. The van der Waals surface area contributed by atoms with Gasteiger partial charge in [0.25, 0.3) is 5.91 Å². The molecule has 34 heavy (non-hydrogen) atoms. The van der Waals surface area contributed by atoms with Crippen LogP contribution in [0.5, 0.6) is 0 Å². The van der Waals surface area contributed by atoms with Crippen LogP contribution in [0.2, 0.25) is 0 Å². The normalized spacial score (nSPS) is 14.0. The van der Waals surface area contributed by atoms with Crippen molar-refractivity contribution in [2.45, 2.75) is 57.3 Å². The highest BCUT2D eigenvalue weighted by Crippen LogP contribution is 2.25. The molecule has 7 heteroatoms. The molecule has 1 fully saturated rings. The fourth-order valence-corrected chi connectivity index (χ4v) is 4.92. The molecule has 0 aromatic heterocycles. The van der Waals surface area contributed by atoms with Gasteiger partial charge in [-0.15, -0.1) is 11.8 Å². The van der Waals surface area contributed by atoms with Gasteiger partial charge in [-0.05, 0) is 61.1 Å². The predicted octanol–water partition coefficient (Wildman–Crippen LogP) is 5.71. The van der Waals surface area contributed by atoms with Gasteiger partial charge >= 0.3 is 0 Å². The second-order valence-electron chi connectivity index (χ2n) is 9.27. The van der Waals surface area contributed by atoms with E-state index in [4.69, 9.17) is 0 Å². The Hall–Kier alpha value is -2.80. The molecule has 2 aromatic carbocycles. The maximum Gasteiger partial charge on any atom is 0.256 e. The summed E-state index contributed by atoms with van der Waals surface area (Å²) in [6.45, 7) is 4.74. The SMILES string of the molecule is CC(C)CC(=O)Nc1ccc(NC(=O)c2ccccc2SCC(=O)NCC2CCCCC2)cc1. The quantitative estimate of drug-likeness (QED) is 0.379. The highest BCUT2D eigenvalue weighted by atomic mass is 32.2. The number of hydrogen-bond donors (Lipinski definition) is 3. The van der Waals surface area contributed by atoms with Crippen molar-refractivity contribution in [3.63, 3.8) is 0 Å². The molecular formula is C27H35N3O3S. The topological polar surface area (TPSA) is 87.3 Å². The summed E-state index contributed by atoms with van der Waals surface area (Å²) >= 11 is 1.37. The van der Waals surface area contributed by atoms with E-state index in [2.05, 4.69) is 16.0 Å². The molecule has 0 aliphatic heterocycles. The number of anilines is 2. The van der Waals surface area contributed by atoms with Crippen LogP contribution in [0.4, 0.5) is 11.4 Å². The summed E-state index contributed by atoms with van der Waals surface area (Å²) < 4.78 is 0. The largest absolute Gasteiger partial charge is 0.355 e. The second kappa shape index (κ2) is 13.2. The van der Waals surface area contributed by atoms with E-state index in [1.807, 2.05) is 32.0 Å². The lowest BCUT2D eigenvalue weighted by atomic mass is 9.89. The van der Waals surface area contributed by atoms with Crippen LogP contribution < -0.4 is 16.0 Å². The summed E-state index contributed by atoms with van der Waals surface area (Å²) in [7, 11) is 0. The van der Waals surface area contributed by atoms with Crippen molar-refractivity contribution in [1.29, 1.82) is 0 Å². The van der Waals surface area contributed by atoms with Gasteiger partial charge in [-0.1, -0.05) is 45.2 Å². The molecule has 6 nitrogen and oxygen atoms in total. The van der Waals surface area contributed by atoms with E-state index in [0.717, 1.165) is 11.4 Å². The number of rotatable bonds is 10. The molecule has 1 saturated carbocycles. The zero-order valence-corrected chi connectivity index (χ0v) is 20.9. The fraction of sp³-hybridized carbons (Fsp3) is 0.444. The van der Waals surface area contributed by atoms with Gasteiger partial charge in [0.05, 0.1) is 11.3 Å². The molecule has 0 unspecified atom stereocenters. The van der Waals surface area contributed by atoms with E-state index >= 15 is 0 Å². The maximum absolute atomic E-state index is 12.9. The number of amides is 3. The van der Waals surface area contributed by atoms with Gasteiger partial charge in [-0.3, -0.25) is 14.4 Å². The van der Waals surface area contributed by atoms with Crippen molar-refractivity contribution in [1.82, 2.24) is 5.32 Å². The first-order valence-corrected chi connectivity index (χ1v) is 13.1. The number of nitrogens with one attached hydrogen (secondary N) is 3. The zero-order chi connectivity index (χ0) is 24.3. The summed E-state index contributed by atoms with van der Waals surface area (Å²) in [6.07, 6.45) is 6.67. The Labute approximate surface area is 206 Å². The molecule has 1 aliphatic rings. The molecule has 3 rings (SSSR count). The predicted molar refractivity (Wildman–Crippen MR) is 139 cm³/mol. The lowest BCUT2D eigenvalue weighted by Gasteiger charge is -2.21. The van der Waals surface area contributed by atoms with Crippen molar-refractivity contribution in [3.8, 4) is 0 Å². The lowest BCUT2D eigenvalue weighted by molar-refractivity contribution is -0.119. The Morgan fingerprint density at radius 1 is 0.882 bits per heavy atom. The number of carbonyl (C=O) groups is 3. The van der Waals surface area contributed by atoms with Crippen molar-refractivity contribution in [2.24, 2.45) is 11.8 Å². The minimum absolute atomic E-state index is 0.000822. The molecule has 1 aliphatic carbocycles. The Balaban J connectivity index is 1.51. The number of benzene rings is 2. The van der Waals surface area contributed by atoms with Gasteiger partial charge in [-0.25, -0.2) is 0 Å². The smallest absolute Gasteiger partial charge is 0.256 e.